The Morgan fingerprint density at radius 1 is 1.17 bits per heavy atom. The van der Waals surface area contributed by atoms with Gasteiger partial charge in [-0.05, 0) is 35.9 Å². The quantitative estimate of drug-likeness (QED) is 0.675. The van der Waals surface area contributed by atoms with E-state index in [4.69, 9.17) is 9.47 Å². The van der Waals surface area contributed by atoms with Gasteiger partial charge in [0.05, 0.1) is 19.9 Å². The summed E-state index contributed by atoms with van der Waals surface area (Å²) in [4.78, 5) is 12.2. The van der Waals surface area contributed by atoms with Gasteiger partial charge in [-0.15, -0.1) is 0 Å². The Kier molecular flexibility index (Phi) is 5.53. The number of ether oxygens (including phenoxy) is 2. The average Bonchev–Trinajstić information content (AvgIpc) is 2.61. The number of rotatable bonds is 5. The molecule has 0 atom stereocenters. The van der Waals surface area contributed by atoms with Crippen molar-refractivity contribution in [3.8, 4) is 17.6 Å². The Balaban J connectivity index is 2.27. The monoisotopic (exact) mass is 326 g/mol. The molecule has 0 aromatic heterocycles. The van der Waals surface area contributed by atoms with E-state index in [0.717, 1.165) is 0 Å². The lowest BCUT2D eigenvalue weighted by Gasteiger charge is -2.08. The molecule has 0 saturated carbocycles. The number of nitrogens with one attached hydrogen (secondary N) is 1. The number of hydrogen-bond acceptors (Lipinski definition) is 4. The molecule has 2 aromatic carbocycles. The molecule has 0 bridgehead atoms. The molecular weight excluding hydrogens is 311 g/mol. The van der Waals surface area contributed by atoms with Crippen LogP contribution in [0.3, 0.4) is 0 Å². The van der Waals surface area contributed by atoms with Gasteiger partial charge in [0, 0.05) is 0 Å². The van der Waals surface area contributed by atoms with Crippen molar-refractivity contribution in [2.45, 2.75) is 0 Å². The Labute approximate surface area is 138 Å². The summed E-state index contributed by atoms with van der Waals surface area (Å²) in [6.07, 6.45) is 1.39. The standard InChI is InChI=1S/C18H15FN2O3/c1-23-16-8-7-12(10-17(16)24-2)9-13(11-20)18(22)21-15-6-4-3-5-14(15)19/h3-10H,1-2H3,(H,21,22)/b13-9+. The molecule has 0 unspecified atom stereocenters. The number of anilines is 1. The first kappa shape index (κ1) is 17.0. The molecule has 0 aliphatic rings. The van der Waals surface area contributed by atoms with E-state index in [0.29, 0.717) is 17.1 Å². The Morgan fingerprint density at radius 3 is 2.50 bits per heavy atom. The number of hydrogen-bond donors (Lipinski definition) is 1. The third kappa shape index (κ3) is 3.90. The zero-order valence-corrected chi connectivity index (χ0v) is 13.2. The van der Waals surface area contributed by atoms with E-state index >= 15 is 0 Å². The number of nitriles is 1. The molecule has 0 spiro atoms. The summed E-state index contributed by atoms with van der Waals surface area (Å²) in [5, 5.41) is 11.6. The van der Waals surface area contributed by atoms with Gasteiger partial charge in [0.2, 0.25) is 0 Å². The highest BCUT2D eigenvalue weighted by molar-refractivity contribution is 6.09. The van der Waals surface area contributed by atoms with Gasteiger partial charge in [0.1, 0.15) is 17.5 Å². The Hall–Kier alpha value is -3.33. The normalized spacial score (nSPS) is 10.7. The summed E-state index contributed by atoms with van der Waals surface area (Å²) < 4.78 is 23.9. The predicted octanol–water partition coefficient (Wildman–Crippen LogP) is 3.39. The minimum Gasteiger partial charge on any atom is -0.493 e. The molecule has 6 heteroatoms. The highest BCUT2D eigenvalue weighted by Gasteiger charge is 2.12. The second-order valence-electron chi connectivity index (χ2n) is 4.72. The third-order valence-electron chi connectivity index (χ3n) is 3.21. The van der Waals surface area contributed by atoms with E-state index in [9.17, 15) is 14.4 Å². The third-order valence-corrected chi connectivity index (χ3v) is 3.21. The van der Waals surface area contributed by atoms with Crippen molar-refractivity contribution in [3.05, 3.63) is 59.4 Å². The van der Waals surface area contributed by atoms with E-state index in [2.05, 4.69) is 5.32 Å². The van der Waals surface area contributed by atoms with E-state index in [1.54, 1.807) is 24.3 Å². The van der Waals surface area contributed by atoms with Crippen LogP contribution in [0.15, 0.2) is 48.0 Å². The van der Waals surface area contributed by atoms with Gasteiger partial charge in [-0.1, -0.05) is 18.2 Å². The summed E-state index contributed by atoms with van der Waals surface area (Å²) in [7, 11) is 3.00. The smallest absolute Gasteiger partial charge is 0.266 e. The second-order valence-corrected chi connectivity index (χ2v) is 4.72. The molecule has 122 valence electrons. The topological polar surface area (TPSA) is 71.3 Å². The number of nitrogens with zero attached hydrogens (tertiary/aromatic N) is 1. The lowest BCUT2D eigenvalue weighted by Crippen LogP contribution is -2.14. The lowest BCUT2D eigenvalue weighted by atomic mass is 10.1. The maximum absolute atomic E-state index is 13.6. The summed E-state index contributed by atoms with van der Waals surface area (Å²) in [5.74, 6) is -0.270. The summed E-state index contributed by atoms with van der Waals surface area (Å²) >= 11 is 0. The second kappa shape index (κ2) is 7.79. The molecule has 2 rings (SSSR count). The van der Waals surface area contributed by atoms with Crippen LogP contribution in [0.1, 0.15) is 5.56 Å². The Bertz CT molecular complexity index is 825. The summed E-state index contributed by atoms with van der Waals surface area (Å²) in [5.41, 5.74) is 0.425. The van der Waals surface area contributed by atoms with E-state index in [1.807, 2.05) is 6.07 Å². The van der Waals surface area contributed by atoms with Crippen molar-refractivity contribution >= 4 is 17.7 Å². The minimum absolute atomic E-state index is 0.0101. The van der Waals surface area contributed by atoms with Gasteiger partial charge in [-0.25, -0.2) is 4.39 Å². The number of carbonyl (C=O) groups excluding carboxylic acids is 1. The molecule has 0 saturated heterocycles. The van der Waals surface area contributed by atoms with Crippen molar-refractivity contribution in [1.82, 2.24) is 0 Å². The molecule has 0 radical (unpaired) electrons. The van der Waals surface area contributed by atoms with E-state index in [-0.39, 0.29) is 11.3 Å². The highest BCUT2D eigenvalue weighted by atomic mass is 19.1. The van der Waals surface area contributed by atoms with Gasteiger partial charge in [0.15, 0.2) is 11.5 Å². The molecule has 0 aliphatic carbocycles. The fourth-order valence-electron chi connectivity index (χ4n) is 2.01. The maximum Gasteiger partial charge on any atom is 0.266 e. The van der Waals surface area contributed by atoms with Crippen LogP contribution in [-0.2, 0) is 4.79 Å². The number of carbonyl (C=O) groups is 1. The number of benzene rings is 2. The first-order chi connectivity index (χ1) is 11.6. The van der Waals surface area contributed by atoms with Gasteiger partial charge >= 0.3 is 0 Å². The van der Waals surface area contributed by atoms with Gasteiger partial charge in [-0.3, -0.25) is 4.79 Å². The number of halogens is 1. The molecule has 0 aliphatic heterocycles. The molecule has 1 N–H and O–H groups in total. The molecule has 1 amide bonds. The zero-order chi connectivity index (χ0) is 17.5. The van der Waals surface area contributed by atoms with Crippen LogP contribution in [0.4, 0.5) is 10.1 Å². The fourth-order valence-corrected chi connectivity index (χ4v) is 2.01. The maximum atomic E-state index is 13.6. The summed E-state index contributed by atoms with van der Waals surface area (Å²) in [6, 6.07) is 12.5. The van der Waals surface area contributed by atoms with E-state index in [1.165, 1.54) is 38.5 Å². The highest BCUT2D eigenvalue weighted by Crippen LogP contribution is 2.28. The predicted molar refractivity (Wildman–Crippen MR) is 88.2 cm³/mol. The molecule has 2 aromatic rings. The summed E-state index contributed by atoms with van der Waals surface area (Å²) in [6.45, 7) is 0. The van der Waals surface area contributed by atoms with Crippen molar-refractivity contribution in [2.75, 3.05) is 19.5 Å². The van der Waals surface area contributed by atoms with Crippen molar-refractivity contribution in [3.63, 3.8) is 0 Å². The van der Waals surface area contributed by atoms with Crippen LogP contribution in [0, 0.1) is 17.1 Å². The van der Waals surface area contributed by atoms with Crippen LogP contribution in [0.5, 0.6) is 11.5 Å². The molecular formula is C18H15FN2O3. The van der Waals surface area contributed by atoms with Crippen molar-refractivity contribution in [2.24, 2.45) is 0 Å². The van der Waals surface area contributed by atoms with Crippen LogP contribution in [-0.4, -0.2) is 20.1 Å². The Morgan fingerprint density at radius 2 is 1.88 bits per heavy atom. The lowest BCUT2D eigenvalue weighted by molar-refractivity contribution is -0.112. The zero-order valence-electron chi connectivity index (χ0n) is 13.2. The molecule has 0 fully saturated rings. The van der Waals surface area contributed by atoms with Crippen LogP contribution >= 0.6 is 0 Å². The SMILES string of the molecule is COc1ccc(/C=C(\C#N)C(=O)Nc2ccccc2F)cc1OC. The van der Waals surface area contributed by atoms with E-state index < -0.39 is 11.7 Å². The first-order valence-electron chi connectivity index (χ1n) is 6.98. The first-order valence-corrected chi connectivity index (χ1v) is 6.98. The van der Waals surface area contributed by atoms with Gasteiger partial charge in [0.25, 0.3) is 5.91 Å². The average molecular weight is 326 g/mol. The molecule has 5 nitrogen and oxygen atoms in total. The fraction of sp³-hybridized carbons (Fsp3) is 0.111. The van der Waals surface area contributed by atoms with Crippen molar-refractivity contribution < 1.29 is 18.7 Å². The van der Waals surface area contributed by atoms with Gasteiger partial charge in [-0.2, -0.15) is 5.26 Å². The molecule has 0 heterocycles. The number of para-hydroxylation sites is 1. The number of amides is 1. The van der Waals surface area contributed by atoms with Gasteiger partial charge < -0.3 is 14.8 Å². The van der Waals surface area contributed by atoms with Crippen LogP contribution in [0.25, 0.3) is 6.08 Å². The minimum atomic E-state index is -0.697. The number of methoxy groups -OCH3 is 2. The largest absolute Gasteiger partial charge is 0.493 e. The van der Waals surface area contributed by atoms with Crippen LogP contribution < -0.4 is 14.8 Å². The van der Waals surface area contributed by atoms with Crippen molar-refractivity contribution in [1.29, 1.82) is 5.26 Å². The van der Waals surface area contributed by atoms with Crippen LogP contribution in [0.2, 0.25) is 0 Å². The molecule has 24 heavy (non-hydrogen) atoms.